The first-order chi connectivity index (χ1) is 22.6. The highest BCUT2D eigenvalue weighted by Gasteiger charge is 2.29. The summed E-state index contributed by atoms with van der Waals surface area (Å²) in [6.07, 6.45) is -5.09. The highest BCUT2D eigenvalue weighted by atomic mass is 19.4. The topological polar surface area (TPSA) is 150 Å². The molecular formula is C33H41F3N6O6. The molecule has 12 nitrogen and oxygen atoms in total. The van der Waals surface area contributed by atoms with E-state index in [0.29, 0.717) is 43.9 Å². The highest BCUT2D eigenvalue weighted by Crippen LogP contribution is 2.19. The Kier molecular flexibility index (Phi) is 12.2. The molecule has 1 aromatic heterocycles. The van der Waals surface area contributed by atoms with Crippen molar-refractivity contribution in [1.82, 2.24) is 24.8 Å². The maximum atomic E-state index is 12.8. The fourth-order valence-electron chi connectivity index (χ4n) is 4.82. The Bertz CT molecular complexity index is 1510. The number of aromatic hydroxyl groups is 1. The van der Waals surface area contributed by atoms with Crippen LogP contribution in [-0.2, 0) is 17.7 Å². The molecule has 0 spiro atoms. The number of nitrogens with zero attached hydrogens (tertiary/aromatic N) is 5. The van der Waals surface area contributed by atoms with Crippen molar-refractivity contribution in [3.8, 4) is 11.8 Å². The average molecular weight is 675 g/mol. The number of hydrogen-bond donors (Lipinski definition) is 3. The number of alkyl halides is 3. The van der Waals surface area contributed by atoms with Gasteiger partial charge in [-0.05, 0) is 50.5 Å². The van der Waals surface area contributed by atoms with Crippen LogP contribution in [0.2, 0.25) is 0 Å². The van der Waals surface area contributed by atoms with Gasteiger partial charge in [0.15, 0.2) is 12.4 Å². The number of phenolic OH excluding ortho intramolecular Hbond substituents is 1. The van der Waals surface area contributed by atoms with Gasteiger partial charge < -0.3 is 29.9 Å². The number of halogens is 3. The number of aliphatic hydroxyl groups excluding tert-OH is 1. The number of ether oxygens (including phenoxy) is 2. The Morgan fingerprint density at radius 1 is 0.938 bits per heavy atom. The Balaban J connectivity index is 1.28. The van der Waals surface area contributed by atoms with E-state index in [4.69, 9.17) is 9.47 Å². The summed E-state index contributed by atoms with van der Waals surface area (Å²) in [5.74, 6) is 0.127. The second-order valence-electron chi connectivity index (χ2n) is 12.5. The van der Waals surface area contributed by atoms with E-state index in [1.165, 1.54) is 12.1 Å². The number of ketones is 1. The fourth-order valence-corrected chi connectivity index (χ4v) is 4.82. The SMILES string of the molecule is CC(C)(C)OC(=O)N1CCN(CC(O)CCC(=O)c2ccc(Cc3nc(NCc4ccc(O)cc4)nc(OCC(F)(F)F)n3)cc2)CC1. The number of hydrogen-bond acceptors (Lipinski definition) is 11. The average Bonchev–Trinajstić information content (AvgIpc) is 3.02. The summed E-state index contributed by atoms with van der Waals surface area (Å²) >= 11 is 0. The van der Waals surface area contributed by atoms with Crippen LogP contribution in [-0.4, -0.2) is 104 Å². The first kappa shape index (κ1) is 36.3. The molecule has 15 heteroatoms. The lowest BCUT2D eigenvalue weighted by Crippen LogP contribution is -2.51. The second-order valence-corrected chi connectivity index (χ2v) is 12.5. The van der Waals surface area contributed by atoms with Crippen LogP contribution in [0.5, 0.6) is 11.8 Å². The lowest BCUT2D eigenvalue weighted by Gasteiger charge is -2.36. The van der Waals surface area contributed by atoms with Gasteiger partial charge in [-0.25, -0.2) is 4.79 Å². The van der Waals surface area contributed by atoms with Crippen LogP contribution in [0.1, 0.15) is 60.9 Å². The smallest absolute Gasteiger partial charge is 0.422 e. The molecule has 1 aliphatic heterocycles. The van der Waals surface area contributed by atoms with Crippen LogP contribution in [0, 0.1) is 0 Å². The van der Waals surface area contributed by atoms with Crippen LogP contribution in [0.4, 0.5) is 23.9 Å². The van der Waals surface area contributed by atoms with Crippen LogP contribution >= 0.6 is 0 Å². The summed E-state index contributed by atoms with van der Waals surface area (Å²) in [5, 5.41) is 23.0. The quantitative estimate of drug-likeness (QED) is 0.218. The number of amides is 1. The number of anilines is 1. The van der Waals surface area contributed by atoms with E-state index in [0.717, 1.165) is 5.56 Å². The summed E-state index contributed by atoms with van der Waals surface area (Å²) in [4.78, 5) is 41.1. The zero-order valence-corrected chi connectivity index (χ0v) is 27.2. The molecule has 1 amide bonds. The molecule has 2 heterocycles. The number of rotatable bonds is 13. The number of benzene rings is 2. The Hall–Kier alpha value is -4.50. The third kappa shape index (κ3) is 12.3. The van der Waals surface area contributed by atoms with Crippen molar-refractivity contribution in [2.45, 2.75) is 64.5 Å². The molecule has 0 radical (unpaired) electrons. The van der Waals surface area contributed by atoms with E-state index in [1.54, 1.807) is 41.3 Å². The summed E-state index contributed by atoms with van der Waals surface area (Å²) in [5.41, 5.74) is 1.37. The minimum atomic E-state index is -4.58. The Morgan fingerprint density at radius 3 is 2.21 bits per heavy atom. The number of aromatic nitrogens is 3. The van der Waals surface area contributed by atoms with Crippen molar-refractivity contribution in [1.29, 1.82) is 0 Å². The lowest BCUT2D eigenvalue weighted by molar-refractivity contribution is -0.154. The van der Waals surface area contributed by atoms with Crippen molar-refractivity contribution >= 4 is 17.8 Å². The molecule has 1 unspecified atom stereocenters. The molecule has 0 aliphatic carbocycles. The second kappa shape index (κ2) is 16.1. The molecule has 4 rings (SSSR count). The zero-order valence-electron chi connectivity index (χ0n) is 27.2. The van der Waals surface area contributed by atoms with Gasteiger partial charge in [-0.2, -0.15) is 28.1 Å². The number of piperazine rings is 1. The summed E-state index contributed by atoms with van der Waals surface area (Å²) in [7, 11) is 0. The van der Waals surface area contributed by atoms with Crippen LogP contribution < -0.4 is 10.1 Å². The van der Waals surface area contributed by atoms with Gasteiger partial charge in [0, 0.05) is 57.7 Å². The molecule has 48 heavy (non-hydrogen) atoms. The van der Waals surface area contributed by atoms with Gasteiger partial charge in [0.05, 0.1) is 6.10 Å². The summed E-state index contributed by atoms with van der Waals surface area (Å²) in [6.45, 7) is 6.70. The maximum absolute atomic E-state index is 12.8. The van der Waals surface area contributed by atoms with Gasteiger partial charge in [0.1, 0.15) is 17.2 Å². The molecule has 1 fully saturated rings. The predicted octanol–water partition coefficient (Wildman–Crippen LogP) is 4.60. The van der Waals surface area contributed by atoms with E-state index >= 15 is 0 Å². The van der Waals surface area contributed by atoms with Crippen molar-refractivity contribution in [2.75, 3.05) is 44.6 Å². The van der Waals surface area contributed by atoms with Crippen molar-refractivity contribution in [3.63, 3.8) is 0 Å². The van der Waals surface area contributed by atoms with Gasteiger partial charge in [0.25, 0.3) is 0 Å². The largest absolute Gasteiger partial charge is 0.508 e. The van der Waals surface area contributed by atoms with Gasteiger partial charge in [0.2, 0.25) is 5.95 Å². The van der Waals surface area contributed by atoms with E-state index < -0.39 is 30.5 Å². The molecule has 1 atom stereocenters. The molecule has 0 bridgehead atoms. The Morgan fingerprint density at radius 2 is 1.58 bits per heavy atom. The highest BCUT2D eigenvalue weighted by molar-refractivity contribution is 5.96. The van der Waals surface area contributed by atoms with Gasteiger partial charge in [-0.1, -0.05) is 36.4 Å². The molecule has 3 aromatic rings. The number of phenols is 1. The maximum Gasteiger partial charge on any atom is 0.422 e. The number of Topliss-reactive ketones (excluding diaryl/α,β-unsaturated/α-hetero) is 1. The lowest BCUT2D eigenvalue weighted by atomic mass is 10.0. The van der Waals surface area contributed by atoms with E-state index in [9.17, 15) is 33.0 Å². The predicted molar refractivity (Wildman–Crippen MR) is 170 cm³/mol. The van der Waals surface area contributed by atoms with Crippen LogP contribution in [0.25, 0.3) is 0 Å². The molecule has 1 saturated heterocycles. The summed E-state index contributed by atoms with van der Waals surface area (Å²) < 4.78 is 48.6. The number of aliphatic hydroxyl groups is 1. The first-order valence-corrected chi connectivity index (χ1v) is 15.6. The minimum absolute atomic E-state index is 0.0144. The monoisotopic (exact) mass is 674 g/mol. The Labute approximate surface area is 276 Å². The molecular weight excluding hydrogens is 633 g/mol. The fraction of sp³-hybridized carbons (Fsp3) is 0.485. The standard InChI is InChI=1S/C33H41F3N6O6/c1-32(2,3)48-31(46)42-16-14-41(15-17-42)20-26(44)12-13-27(45)24-8-4-22(5-9-24)18-28-38-29(37-19-23-6-10-25(43)11-7-23)40-30(39-28)47-21-33(34,35)36/h4-11,26,43-44H,12-21H2,1-3H3,(H,37,38,39,40). The van der Waals surface area contributed by atoms with Crippen LogP contribution in [0.3, 0.4) is 0 Å². The van der Waals surface area contributed by atoms with Crippen molar-refractivity contribution in [2.24, 2.45) is 0 Å². The summed E-state index contributed by atoms with van der Waals surface area (Å²) in [6, 6.07) is 12.6. The number of carbonyl (C=O) groups excluding carboxylic acids is 2. The molecule has 260 valence electrons. The molecule has 3 N–H and O–H groups in total. The van der Waals surface area contributed by atoms with Gasteiger partial charge in [-0.3, -0.25) is 9.69 Å². The zero-order chi connectivity index (χ0) is 34.9. The van der Waals surface area contributed by atoms with Crippen molar-refractivity contribution in [3.05, 3.63) is 71.0 Å². The van der Waals surface area contributed by atoms with E-state index in [-0.39, 0.29) is 55.2 Å². The number of β-amino-alcohol motifs (C(OH)–C–C–N with tert-alkyl or cyclic N) is 1. The van der Waals surface area contributed by atoms with E-state index in [2.05, 4.69) is 25.2 Å². The van der Waals surface area contributed by atoms with Crippen molar-refractivity contribution < 1.29 is 42.4 Å². The molecule has 2 aromatic carbocycles. The van der Waals surface area contributed by atoms with Gasteiger partial charge >= 0.3 is 18.3 Å². The third-order valence-corrected chi connectivity index (χ3v) is 7.25. The normalized spacial score (nSPS) is 14.8. The first-order valence-electron chi connectivity index (χ1n) is 15.6. The number of nitrogens with one attached hydrogen (secondary N) is 1. The number of carbonyl (C=O) groups is 2. The van der Waals surface area contributed by atoms with Gasteiger partial charge in [-0.15, -0.1) is 0 Å². The molecule has 0 saturated carbocycles. The minimum Gasteiger partial charge on any atom is -0.508 e. The van der Waals surface area contributed by atoms with Crippen LogP contribution in [0.15, 0.2) is 48.5 Å². The molecule has 1 aliphatic rings. The third-order valence-electron chi connectivity index (χ3n) is 7.25. The van der Waals surface area contributed by atoms with E-state index in [1.807, 2.05) is 20.8 Å².